The largest absolute Gasteiger partial charge is 0.451 e. The fourth-order valence-electron chi connectivity index (χ4n) is 1.43. The average molecular weight is 316 g/mol. The highest BCUT2D eigenvalue weighted by atomic mass is 32.2. The third kappa shape index (κ3) is 3.60. The molecule has 0 spiro atoms. The van der Waals surface area contributed by atoms with Gasteiger partial charge in [-0.15, -0.1) is 0 Å². The Morgan fingerprint density at radius 3 is 2.52 bits per heavy atom. The Kier molecular flexibility index (Phi) is 3.98. The van der Waals surface area contributed by atoms with E-state index in [0.29, 0.717) is 11.8 Å². The molecule has 10 heteroatoms. The lowest BCUT2D eigenvalue weighted by atomic mass is 10.3. The summed E-state index contributed by atoms with van der Waals surface area (Å²) in [6.45, 7) is 0. The predicted molar refractivity (Wildman–Crippen MR) is 68.7 cm³/mol. The van der Waals surface area contributed by atoms with Crippen molar-refractivity contribution in [1.29, 1.82) is 0 Å². The van der Waals surface area contributed by atoms with E-state index < -0.39 is 16.9 Å². The number of para-hydroxylation sites is 1. The highest BCUT2D eigenvalue weighted by molar-refractivity contribution is 7.99. The smallest absolute Gasteiger partial charge is 0.384 e. The Bertz CT molecular complexity index is 693. The molecule has 2 N–H and O–H groups in total. The Morgan fingerprint density at radius 1 is 1.24 bits per heavy atom. The number of hydrogen-bond acceptors (Lipinski definition) is 6. The van der Waals surface area contributed by atoms with E-state index in [2.05, 4.69) is 9.97 Å². The third-order valence-corrected chi connectivity index (χ3v) is 3.24. The number of nitro benzene ring substituents is 1. The molecule has 0 aliphatic rings. The molecule has 0 bridgehead atoms. The topological polar surface area (TPSA) is 94.9 Å². The van der Waals surface area contributed by atoms with Gasteiger partial charge in [0.15, 0.2) is 0 Å². The SMILES string of the molecule is Nc1cc(Sc2ccccc2[N+](=O)[O-])nc(C(F)(F)F)n1. The van der Waals surface area contributed by atoms with Crippen LogP contribution in [0.4, 0.5) is 24.7 Å². The molecular weight excluding hydrogens is 309 g/mol. The molecule has 1 aromatic carbocycles. The molecule has 0 radical (unpaired) electrons. The Hall–Kier alpha value is -2.36. The highest BCUT2D eigenvalue weighted by Gasteiger charge is 2.35. The van der Waals surface area contributed by atoms with Gasteiger partial charge in [0, 0.05) is 12.1 Å². The quantitative estimate of drug-likeness (QED) is 0.531. The van der Waals surface area contributed by atoms with Crippen LogP contribution in [0.2, 0.25) is 0 Å². The summed E-state index contributed by atoms with van der Waals surface area (Å²) in [5.74, 6) is -1.75. The fraction of sp³-hybridized carbons (Fsp3) is 0.0909. The van der Waals surface area contributed by atoms with Crippen LogP contribution in [-0.4, -0.2) is 14.9 Å². The minimum atomic E-state index is -4.74. The van der Waals surface area contributed by atoms with Crippen LogP contribution in [0.1, 0.15) is 5.82 Å². The minimum absolute atomic E-state index is 0.121. The van der Waals surface area contributed by atoms with Crippen LogP contribution in [0.25, 0.3) is 0 Å². The van der Waals surface area contributed by atoms with Crippen molar-refractivity contribution in [2.24, 2.45) is 0 Å². The van der Waals surface area contributed by atoms with Crippen molar-refractivity contribution in [3.05, 3.63) is 46.3 Å². The highest BCUT2D eigenvalue weighted by Crippen LogP contribution is 2.35. The van der Waals surface area contributed by atoms with E-state index in [-0.39, 0.29) is 21.4 Å². The molecule has 1 aromatic heterocycles. The van der Waals surface area contributed by atoms with E-state index in [1.807, 2.05) is 0 Å². The summed E-state index contributed by atoms with van der Waals surface area (Å²) in [5, 5.41) is 10.7. The molecular formula is C11H7F3N4O2S. The molecule has 1 heterocycles. The molecule has 0 saturated carbocycles. The monoisotopic (exact) mass is 316 g/mol. The summed E-state index contributed by atoms with van der Waals surface area (Å²) in [7, 11) is 0. The summed E-state index contributed by atoms with van der Waals surface area (Å²) >= 11 is 0.714. The Balaban J connectivity index is 2.41. The number of nitro groups is 1. The molecule has 0 unspecified atom stereocenters. The van der Waals surface area contributed by atoms with Crippen molar-refractivity contribution in [1.82, 2.24) is 9.97 Å². The number of aromatic nitrogens is 2. The zero-order valence-corrected chi connectivity index (χ0v) is 11.0. The number of alkyl halides is 3. The second kappa shape index (κ2) is 5.56. The van der Waals surface area contributed by atoms with Crippen LogP contribution in [0.15, 0.2) is 40.3 Å². The van der Waals surface area contributed by atoms with Crippen molar-refractivity contribution in [3.8, 4) is 0 Å². The van der Waals surface area contributed by atoms with Gasteiger partial charge in [-0.25, -0.2) is 9.97 Å². The van der Waals surface area contributed by atoms with E-state index in [0.717, 1.165) is 6.07 Å². The second-order valence-corrected chi connectivity index (χ2v) is 4.84. The Labute approximate surface area is 120 Å². The first-order chi connectivity index (χ1) is 9.77. The molecule has 2 rings (SSSR count). The van der Waals surface area contributed by atoms with Gasteiger partial charge in [-0.3, -0.25) is 10.1 Å². The lowest BCUT2D eigenvalue weighted by Crippen LogP contribution is -2.12. The van der Waals surface area contributed by atoms with Crippen LogP contribution >= 0.6 is 11.8 Å². The first-order valence-corrected chi connectivity index (χ1v) is 6.22. The van der Waals surface area contributed by atoms with Crippen LogP contribution < -0.4 is 5.73 Å². The zero-order valence-electron chi connectivity index (χ0n) is 10.2. The van der Waals surface area contributed by atoms with Gasteiger partial charge in [0.2, 0.25) is 5.82 Å². The van der Waals surface area contributed by atoms with Gasteiger partial charge in [-0.2, -0.15) is 13.2 Å². The number of anilines is 1. The number of halogens is 3. The summed E-state index contributed by atoms with van der Waals surface area (Å²) < 4.78 is 37.8. The fourth-order valence-corrected chi connectivity index (χ4v) is 2.36. The molecule has 2 aromatic rings. The van der Waals surface area contributed by atoms with E-state index in [9.17, 15) is 23.3 Å². The van der Waals surface area contributed by atoms with Gasteiger partial charge in [0.05, 0.1) is 9.82 Å². The van der Waals surface area contributed by atoms with Gasteiger partial charge >= 0.3 is 6.18 Å². The van der Waals surface area contributed by atoms with E-state index in [1.165, 1.54) is 24.3 Å². The number of nitrogen functional groups attached to an aromatic ring is 1. The average Bonchev–Trinajstić information content (AvgIpc) is 2.37. The molecule has 21 heavy (non-hydrogen) atoms. The number of benzene rings is 1. The van der Waals surface area contributed by atoms with Gasteiger partial charge < -0.3 is 5.73 Å². The van der Waals surface area contributed by atoms with E-state index >= 15 is 0 Å². The second-order valence-electron chi connectivity index (χ2n) is 3.78. The predicted octanol–water partition coefficient (Wildman–Crippen LogP) is 3.14. The molecule has 6 nitrogen and oxygen atoms in total. The van der Waals surface area contributed by atoms with Crippen molar-refractivity contribution in [2.45, 2.75) is 16.1 Å². The van der Waals surface area contributed by atoms with Crippen LogP contribution in [0.3, 0.4) is 0 Å². The van der Waals surface area contributed by atoms with Gasteiger partial charge in [-0.1, -0.05) is 23.9 Å². The molecule has 0 saturated heterocycles. The standard InChI is InChI=1S/C11H7F3N4O2S/c12-11(13,14)10-16-8(15)5-9(17-10)21-7-4-2-1-3-6(7)18(19)20/h1-5H,(H2,15,16,17). The van der Waals surface area contributed by atoms with Crippen LogP contribution in [0.5, 0.6) is 0 Å². The van der Waals surface area contributed by atoms with Crippen molar-refractivity contribution in [2.75, 3.05) is 5.73 Å². The lowest BCUT2D eigenvalue weighted by molar-refractivity contribution is -0.387. The van der Waals surface area contributed by atoms with Gasteiger partial charge in [0.25, 0.3) is 5.69 Å². The van der Waals surface area contributed by atoms with Crippen molar-refractivity contribution in [3.63, 3.8) is 0 Å². The summed E-state index contributed by atoms with van der Waals surface area (Å²) in [6, 6.07) is 6.77. The van der Waals surface area contributed by atoms with Crippen molar-refractivity contribution < 1.29 is 18.1 Å². The number of nitrogens with two attached hydrogens (primary N) is 1. The number of hydrogen-bond donors (Lipinski definition) is 1. The van der Waals surface area contributed by atoms with E-state index in [4.69, 9.17) is 5.73 Å². The maximum absolute atomic E-state index is 12.6. The first kappa shape index (κ1) is 15.0. The first-order valence-electron chi connectivity index (χ1n) is 5.40. The molecule has 0 aliphatic heterocycles. The molecule has 0 amide bonds. The number of nitrogens with zero attached hydrogens (tertiary/aromatic N) is 3. The van der Waals surface area contributed by atoms with Crippen LogP contribution in [-0.2, 0) is 6.18 Å². The summed E-state index contributed by atoms with van der Waals surface area (Å²) in [6.07, 6.45) is -4.74. The van der Waals surface area contributed by atoms with Crippen molar-refractivity contribution >= 4 is 23.3 Å². The molecule has 0 aliphatic carbocycles. The normalized spacial score (nSPS) is 11.4. The minimum Gasteiger partial charge on any atom is -0.384 e. The summed E-state index contributed by atoms with van der Waals surface area (Å²) in [4.78, 5) is 16.8. The van der Waals surface area contributed by atoms with Gasteiger partial charge in [0.1, 0.15) is 10.8 Å². The maximum Gasteiger partial charge on any atom is 0.451 e. The molecule has 0 fully saturated rings. The molecule has 0 atom stereocenters. The van der Waals surface area contributed by atoms with Gasteiger partial charge in [-0.05, 0) is 6.07 Å². The lowest BCUT2D eigenvalue weighted by Gasteiger charge is -2.08. The number of rotatable bonds is 3. The zero-order chi connectivity index (χ0) is 15.6. The maximum atomic E-state index is 12.6. The molecule has 110 valence electrons. The third-order valence-electron chi connectivity index (χ3n) is 2.25. The van der Waals surface area contributed by atoms with E-state index in [1.54, 1.807) is 0 Å². The summed E-state index contributed by atoms with van der Waals surface area (Å²) in [5.41, 5.74) is 5.08. The Morgan fingerprint density at radius 2 is 1.90 bits per heavy atom. The van der Waals surface area contributed by atoms with Crippen LogP contribution in [0, 0.1) is 10.1 Å².